The molecule has 15 heavy (non-hydrogen) atoms. The van der Waals surface area contributed by atoms with Gasteiger partial charge >= 0.3 is 0 Å². The zero-order valence-electron chi connectivity index (χ0n) is 9.13. The molecule has 0 aliphatic carbocycles. The maximum absolute atomic E-state index is 12.8. The average Bonchev–Trinajstić information content (AvgIpc) is 2.17. The van der Waals surface area contributed by atoms with Crippen molar-refractivity contribution >= 4 is 11.6 Å². The maximum atomic E-state index is 12.8. The molecular weight excluding hydrogens is 213 g/mol. The summed E-state index contributed by atoms with van der Waals surface area (Å²) in [5, 5.41) is 3.34. The number of nitrogens with one attached hydrogen (secondary N) is 1. The van der Waals surface area contributed by atoms with E-state index in [0.29, 0.717) is 12.5 Å². The van der Waals surface area contributed by atoms with Crippen LogP contribution in [-0.2, 0) is 6.54 Å². The Balaban J connectivity index is 2.32. The monoisotopic (exact) mass is 229 g/mol. The van der Waals surface area contributed by atoms with E-state index in [1.54, 1.807) is 6.07 Å². The summed E-state index contributed by atoms with van der Waals surface area (Å²) in [4.78, 5) is 0. The van der Waals surface area contributed by atoms with Crippen LogP contribution < -0.4 is 5.32 Å². The Labute approximate surface area is 95.6 Å². The molecule has 1 atom stereocenters. The normalized spacial score (nSPS) is 13.1. The molecule has 3 heteroatoms. The summed E-state index contributed by atoms with van der Waals surface area (Å²) in [7, 11) is 0. The number of rotatable bonds is 5. The van der Waals surface area contributed by atoms with E-state index in [9.17, 15) is 4.39 Å². The van der Waals surface area contributed by atoms with E-state index in [0.717, 1.165) is 12.1 Å². The number of halogens is 2. The first-order chi connectivity index (χ1) is 7.09. The van der Waals surface area contributed by atoms with Crippen molar-refractivity contribution in [2.45, 2.75) is 25.8 Å². The first kappa shape index (κ1) is 12.5. The van der Waals surface area contributed by atoms with Gasteiger partial charge in [0.2, 0.25) is 0 Å². The third kappa shape index (κ3) is 4.63. The predicted octanol–water partition coefficient (Wildman–Crippen LogP) is 3.18. The van der Waals surface area contributed by atoms with Gasteiger partial charge in [-0.15, -0.1) is 11.6 Å². The van der Waals surface area contributed by atoms with Crippen LogP contribution in [0.5, 0.6) is 0 Å². The van der Waals surface area contributed by atoms with Gasteiger partial charge in [0, 0.05) is 18.5 Å². The molecule has 1 N–H and O–H groups in total. The van der Waals surface area contributed by atoms with Gasteiger partial charge in [0.25, 0.3) is 0 Å². The lowest BCUT2D eigenvalue weighted by atomic mass is 10.1. The molecule has 0 saturated heterocycles. The highest BCUT2D eigenvalue weighted by molar-refractivity contribution is 6.20. The van der Waals surface area contributed by atoms with Crippen molar-refractivity contribution in [2.75, 3.05) is 6.54 Å². The van der Waals surface area contributed by atoms with Gasteiger partial charge in [0.05, 0.1) is 0 Å². The second kappa shape index (κ2) is 6.09. The molecule has 0 heterocycles. The van der Waals surface area contributed by atoms with Gasteiger partial charge in [0.15, 0.2) is 0 Å². The van der Waals surface area contributed by atoms with Crippen molar-refractivity contribution in [2.24, 2.45) is 5.92 Å². The Morgan fingerprint density at radius 3 is 2.73 bits per heavy atom. The average molecular weight is 230 g/mol. The highest BCUT2D eigenvalue weighted by atomic mass is 35.5. The molecule has 1 nitrogen and oxygen atoms in total. The molecule has 0 aliphatic rings. The summed E-state index contributed by atoms with van der Waals surface area (Å²) >= 11 is 6.08. The summed E-state index contributed by atoms with van der Waals surface area (Å²) in [5.74, 6) is 0.257. The van der Waals surface area contributed by atoms with Crippen LogP contribution in [0.4, 0.5) is 4.39 Å². The first-order valence-electron chi connectivity index (χ1n) is 5.19. The second-order valence-electron chi connectivity index (χ2n) is 4.02. The van der Waals surface area contributed by atoms with Crippen molar-refractivity contribution in [3.05, 3.63) is 35.6 Å². The van der Waals surface area contributed by atoms with Crippen molar-refractivity contribution in [1.29, 1.82) is 0 Å². The van der Waals surface area contributed by atoms with Crippen LogP contribution >= 0.6 is 11.6 Å². The van der Waals surface area contributed by atoms with Gasteiger partial charge in [-0.05, 0) is 23.6 Å². The quantitative estimate of drug-likeness (QED) is 0.765. The number of benzene rings is 1. The van der Waals surface area contributed by atoms with Gasteiger partial charge in [0.1, 0.15) is 5.82 Å². The molecule has 84 valence electrons. The van der Waals surface area contributed by atoms with E-state index >= 15 is 0 Å². The predicted molar refractivity (Wildman–Crippen MR) is 62.6 cm³/mol. The SMILES string of the molecule is CC(C)C(Cl)CNCc1cccc(F)c1. The third-order valence-corrected chi connectivity index (χ3v) is 2.94. The maximum Gasteiger partial charge on any atom is 0.123 e. The van der Waals surface area contributed by atoms with Gasteiger partial charge in [-0.25, -0.2) is 4.39 Å². The summed E-state index contributed by atoms with van der Waals surface area (Å²) in [6.07, 6.45) is 0. The van der Waals surface area contributed by atoms with E-state index in [1.807, 2.05) is 6.07 Å². The summed E-state index contributed by atoms with van der Waals surface area (Å²) in [5.41, 5.74) is 0.947. The van der Waals surface area contributed by atoms with E-state index in [4.69, 9.17) is 11.6 Å². The molecule has 0 spiro atoms. The number of hydrogen-bond donors (Lipinski definition) is 1. The molecule has 0 radical (unpaired) electrons. The number of hydrogen-bond acceptors (Lipinski definition) is 1. The van der Waals surface area contributed by atoms with Crippen molar-refractivity contribution in [3.63, 3.8) is 0 Å². The van der Waals surface area contributed by atoms with Crippen molar-refractivity contribution in [1.82, 2.24) is 5.32 Å². The van der Waals surface area contributed by atoms with E-state index in [-0.39, 0.29) is 11.2 Å². The topological polar surface area (TPSA) is 12.0 Å². The largest absolute Gasteiger partial charge is 0.311 e. The molecule has 0 aromatic heterocycles. The van der Waals surface area contributed by atoms with Crippen molar-refractivity contribution in [3.8, 4) is 0 Å². The van der Waals surface area contributed by atoms with Gasteiger partial charge in [-0.3, -0.25) is 0 Å². The summed E-state index contributed by atoms with van der Waals surface area (Å²) in [6, 6.07) is 6.59. The van der Waals surface area contributed by atoms with Gasteiger partial charge in [-0.2, -0.15) is 0 Å². The number of alkyl halides is 1. The molecule has 0 aliphatic heterocycles. The fourth-order valence-electron chi connectivity index (χ4n) is 1.24. The van der Waals surface area contributed by atoms with Gasteiger partial charge in [-0.1, -0.05) is 26.0 Å². The van der Waals surface area contributed by atoms with Crippen LogP contribution in [0.25, 0.3) is 0 Å². The highest BCUT2D eigenvalue weighted by Gasteiger charge is 2.08. The smallest absolute Gasteiger partial charge is 0.123 e. The molecule has 1 rings (SSSR count). The minimum Gasteiger partial charge on any atom is -0.311 e. The zero-order chi connectivity index (χ0) is 11.3. The van der Waals surface area contributed by atoms with Crippen LogP contribution in [0, 0.1) is 11.7 Å². The fraction of sp³-hybridized carbons (Fsp3) is 0.500. The Morgan fingerprint density at radius 2 is 2.13 bits per heavy atom. The molecule has 1 aromatic rings. The van der Waals surface area contributed by atoms with E-state index < -0.39 is 0 Å². The Bertz CT molecular complexity index is 301. The van der Waals surface area contributed by atoms with Crippen LogP contribution in [0.15, 0.2) is 24.3 Å². The molecule has 0 saturated carbocycles. The fourth-order valence-corrected chi connectivity index (χ4v) is 1.35. The Kier molecular flexibility index (Phi) is 5.06. The Morgan fingerprint density at radius 1 is 1.40 bits per heavy atom. The van der Waals surface area contributed by atoms with Gasteiger partial charge < -0.3 is 5.32 Å². The van der Waals surface area contributed by atoms with Crippen LogP contribution in [-0.4, -0.2) is 11.9 Å². The third-order valence-electron chi connectivity index (χ3n) is 2.28. The second-order valence-corrected chi connectivity index (χ2v) is 4.58. The lowest BCUT2D eigenvalue weighted by molar-refractivity contribution is 0.544. The highest BCUT2D eigenvalue weighted by Crippen LogP contribution is 2.08. The van der Waals surface area contributed by atoms with Crippen molar-refractivity contribution < 1.29 is 4.39 Å². The minimum atomic E-state index is -0.194. The van der Waals surface area contributed by atoms with Crippen LogP contribution in [0.1, 0.15) is 19.4 Å². The van der Waals surface area contributed by atoms with E-state index in [2.05, 4.69) is 19.2 Å². The summed E-state index contributed by atoms with van der Waals surface area (Å²) in [6.45, 7) is 5.58. The summed E-state index contributed by atoms with van der Waals surface area (Å²) < 4.78 is 12.8. The standard InChI is InChI=1S/C12H17ClFN/c1-9(2)12(13)8-15-7-10-4-3-5-11(14)6-10/h3-6,9,12,15H,7-8H2,1-2H3. The Hall–Kier alpha value is -0.600. The molecule has 1 aromatic carbocycles. The minimum absolute atomic E-state index is 0.124. The molecule has 1 unspecified atom stereocenters. The van der Waals surface area contributed by atoms with Crippen LogP contribution in [0.3, 0.4) is 0 Å². The molecule has 0 amide bonds. The molecular formula is C12H17ClFN. The first-order valence-corrected chi connectivity index (χ1v) is 5.62. The molecule has 0 fully saturated rings. The molecule has 0 bridgehead atoms. The van der Waals surface area contributed by atoms with E-state index in [1.165, 1.54) is 12.1 Å². The lowest BCUT2D eigenvalue weighted by Gasteiger charge is -2.13. The zero-order valence-corrected chi connectivity index (χ0v) is 9.89. The lowest BCUT2D eigenvalue weighted by Crippen LogP contribution is -2.26. The van der Waals surface area contributed by atoms with Crippen LogP contribution in [0.2, 0.25) is 0 Å².